The minimum absolute atomic E-state index is 0.0143. The molecule has 4 aromatic heterocycles. The summed E-state index contributed by atoms with van der Waals surface area (Å²) in [5.41, 5.74) is 4.05. The van der Waals surface area contributed by atoms with E-state index in [-0.39, 0.29) is 46.7 Å². The number of carbonyl (C=O) groups excluding carboxylic acids is 4. The van der Waals surface area contributed by atoms with Crippen LogP contribution in [-0.2, 0) is 32.2 Å². The predicted octanol–water partition coefficient (Wildman–Crippen LogP) is 4.78. The zero-order chi connectivity index (χ0) is 49.1. The lowest BCUT2D eigenvalue weighted by Gasteiger charge is -2.36. The van der Waals surface area contributed by atoms with Crippen LogP contribution in [0, 0.1) is 0 Å². The summed E-state index contributed by atoms with van der Waals surface area (Å²) in [5, 5.41) is 4.14. The summed E-state index contributed by atoms with van der Waals surface area (Å²) in [6, 6.07) is 22.4. The van der Waals surface area contributed by atoms with Crippen molar-refractivity contribution in [1.29, 1.82) is 0 Å². The van der Waals surface area contributed by atoms with Gasteiger partial charge < -0.3 is 39.3 Å². The molecule has 2 saturated heterocycles. The summed E-state index contributed by atoms with van der Waals surface area (Å²) in [6.45, 7) is 14.3. The third kappa shape index (κ3) is 9.46. The molecule has 0 spiro atoms. The van der Waals surface area contributed by atoms with Crippen LogP contribution in [-0.4, -0.2) is 132 Å². The third-order valence-corrected chi connectivity index (χ3v) is 12.7. The lowest BCUT2D eigenvalue weighted by atomic mass is 10.1. The van der Waals surface area contributed by atoms with Crippen LogP contribution in [0.2, 0.25) is 5.15 Å². The number of para-hydroxylation sites is 2. The molecule has 4 aliphatic rings. The number of esters is 2. The number of halogens is 1. The second-order valence-electron chi connectivity index (χ2n) is 16.9. The Morgan fingerprint density at radius 3 is 1.52 bits per heavy atom. The van der Waals surface area contributed by atoms with Gasteiger partial charge >= 0.3 is 11.9 Å². The van der Waals surface area contributed by atoms with Gasteiger partial charge in [-0.05, 0) is 61.4 Å². The first-order valence-corrected chi connectivity index (χ1v) is 23.4. The first-order valence-electron chi connectivity index (χ1n) is 23.0. The van der Waals surface area contributed by atoms with E-state index in [0.717, 1.165) is 54.5 Å². The first kappa shape index (κ1) is 48.2. The molecule has 6 aromatic rings. The van der Waals surface area contributed by atoms with Gasteiger partial charge in [0, 0.05) is 93.4 Å². The summed E-state index contributed by atoms with van der Waals surface area (Å²) in [6.07, 6.45) is 0. The van der Waals surface area contributed by atoms with Gasteiger partial charge in [-0.2, -0.15) is 0 Å². The van der Waals surface area contributed by atoms with Crippen molar-refractivity contribution < 1.29 is 28.7 Å². The number of rotatable bonds is 5. The van der Waals surface area contributed by atoms with E-state index in [2.05, 4.69) is 15.2 Å². The number of carbonyl (C=O) groups is 4. The van der Waals surface area contributed by atoms with Gasteiger partial charge in [0.2, 0.25) is 22.7 Å². The van der Waals surface area contributed by atoms with Crippen molar-refractivity contribution >= 4 is 74.9 Å². The second-order valence-corrected chi connectivity index (χ2v) is 17.3. The molecule has 2 fully saturated rings. The number of hydrogen-bond donors (Lipinski definition) is 1. The van der Waals surface area contributed by atoms with E-state index in [1.54, 1.807) is 45.9 Å². The van der Waals surface area contributed by atoms with Gasteiger partial charge in [-0.1, -0.05) is 48.0 Å². The molecule has 0 bridgehead atoms. The van der Waals surface area contributed by atoms with Gasteiger partial charge in [0.05, 0.1) is 35.4 Å². The number of piperazine rings is 2. The number of ether oxygens (including phenoxy) is 2. The number of nitrogens with one attached hydrogen (secondary N) is 1. The molecule has 360 valence electrons. The van der Waals surface area contributed by atoms with Crippen molar-refractivity contribution in [3.05, 3.63) is 121 Å². The van der Waals surface area contributed by atoms with Crippen LogP contribution in [0.25, 0.3) is 33.4 Å². The number of nitrogens with zero attached hydrogens (tertiary/aromatic N) is 9. The monoisotopic (exact) mass is 958 g/mol. The molecular formula is C50H55ClN10O8. The molecule has 8 heterocycles. The van der Waals surface area contributed by atoms with E-state index in [0.29, 0.717) is 73.0 Å². The summed E-state index contributed by atoms with van der Waals surface area (Å²) < 4.78 is 14.1. The van der Waals surface area contributed by atoms with Crippen molar-refractivity contribution in [3.63, 3.8) is 0 Å². The number of hydrogen-bond acceptors (Lipinski definition) is 14. The molecule has 0 aliphatic carbocycles. The summed E-state index contributed by atoms with van der Waals surface area (Å²) in [4.78, 5) is 93.4. The van der Waals surface area contributed by atoms with Gasteiger partial charge in [-0.3, -0.25) is 28.3 Å². The predicted molar refractivity (Wildman–Crippen MR) is 265 cm³/mol. The molecule has 0 saturated carbocycles. The summed E-state index contributed by atoms with van der Waals surface area (Å²) in [7, 11) is 3.70. The van der Waals surface area contributed by atoms with Crippen molar-refractivity contribution in [1.82, 2.24) is 34.2 Å². The lowest BCUT2D eigenvalue weighted by Crippen LogP contribution is -2.48. The highest BCUT2D eigenvalue weighted by molar-refractivity contribution is 6.29. The fourth-order valence-electron chi connectivity index (χ4n) is 9.20. The molecule has 0 unspecified atom stereocenters. The Kier molecular flexibility index (Phi) is 14.3. The standard InChI is InChI=1S/C25H27N5O4.C19H16ClN3O3.C6H12N2O/c1-4-34-25(33)21-22(32)18-9-10-20(29-13-11-28(12-14-29)16(2)31)26-23(18)30-19-8-6-5-7-17(19)15-27(3)24(21)30;1-3-26-19(25)15-16(24)12-8-9-14(20)21-17(12)23-13-7-5-4-6-11(13)10-22(2)18(15)23;1-6(9)8-4-2-7-3-5-8/h5-10H,4,11-15H2,1-3H3;4-9H,3,10H2,1-2H3;7H,2-5H2,1H3. The highest BCUT2D eigenvalue weighted by Gasteiger charge is 2.33. The number of anilines is 3. The third-order valence-electron chi connectivity index (χ3n) is 12.5. The number of aromatic nitrogens is 4. The molecule has 2 aromatic carbocycles. The van der Waals surface area contributed by atoms with E-state index in [9.17, 15) is 28.8 Å². The Hall–Kier alpha value is -7.31. The Morgan fingerprint density at radius 2 is 1.06 bits per heavy atom. The Morgan fingerprint density at radius 1 is 0.609 bits per heavy atom. The maximum Gasteiger partial charge on any atom is 0.345 e. The molecule has 19 heteroatoms. The fraction of sp³-hybridized carbons (Fsp3) is 0.360. The van der Waals surface area contributed by atoms with E-state index in [1.165, 1.54) is 0 Å². The molecule has 18 nitrogen and oxygen atoms in total. The zero-order valence-corrected chi connectivity index (χ0v) is 40.3. The van der Waals surface area contributed by atoms with Crippen LogP contribution in [0.3, 0.4) is 0 Å². The summed E-state index contributed by atoms with van der Waals surface area (Å²) in [5.74, 6) is 0.682. The highest BCUT2D eigenvalue weighted by Crippen LogP contribution is 2.37. The maximum absolute atomic E-state index is 13.5. The average molecular weight is 960 g/mol. The summed E-state index contributed by atoms with van der Waals surface area (Å²) >= 11 is 6.10. The lowest BCUT2D eigenvalue weighted by molar-refractivity contribution is -0.130. The smallest absolute Gasteiger partial charge is 0.345 e. The van der Waals surface area contributed by atoms with Crippen LogP contribution in [0.4, 0.5) is 17.5 Å². The van der Waals surface area contributed by atoms with Crippen LogP contribution in [0.15, 0.2) is 82.4 Å². The van der Waals surface area contributed by atoms with Crippen molar-refractivity contribution in [2.45, 2.75) is 40.8 Å². The van der Waals surface area contributed by atoms with Gasteiger partial charge in [-0.25, -0.2) is 19.6 Å². The second kappa shape index (κ2) is 20.5. The van der Waals surface area contributed by atoms with E-state index < -0.39 is 17.4 Å². The van der Waals surface area contributed by atoms with Gasteiger partial charge in [0.15, 0.2) is 11.3 Å². The Labute approximate surface area is 403 Å². The number of fused-ring (bicyclic) bond motifs is 10. The van der Waals surface area contributed by atoms with E-state index >= 15 is 0 Å². The van der Waals surface area contributed by atoms with E-state index in [4.69, 9.17) is 26.1 Å². The van der Waals surface area contributed by atoms with Gasteiger partial charge in [0.1, 0.15) is 33.7 Å². The van der Waals surface area contributed by atoms with Crippen LogP contribution < -0.4 is 30.9 Å². The molecule has 0 atom stereocenters. The minimum atomic E-state index is -0.635. The molecule has 69 heavy (non-hydrogen) atoms. The number of benzene rings is 2. The van der Waals surface area contributed by atoms with E-state index in [1.807, 2.05) is 97.4 Å². The first-order chi connectivity index (χ1) is 33.2. The molecule has 0 radical (unpaired) electrons. The largest absolute Gasteiger partial charge is 0.462 e. The molecule has 4 aliphatic heterocycles. The maximum atomic E-state index is 13.5. The fourth-order valence-corrected chi connectivity index (χ4v) is 9.35. The highest BCUT2D eigenvalue weighted by atomic mass is 35.5. The molecule has 10 rings (SSSR count). The minimum Gasteiger partial charge on any atom is -0.462 e. The number of pyridine rings is 4. The molecule has 2 amide bonds. The topological polar surface area (TPSA) is 185 Å². The quantitative estimate of drug-likeness (QED) is 0.184. The van der Waals surface area contributed by atoms with Crippen LogP contribution in [0.5, 0.6) is 0 Å². The molecular weight excluding hydrogens is 904 g/mol. The Bertz CT molecular complexity index is 3110. The zero-order valence-electron chi connectivity index (χ0n) is 39.6. The van der Waals surface area contributed by atoms with Crippen molar-refractivity contribution in [2.24, 2.45) is 0 Å². The van der Waals surface area contributed by atoms with Crippen LogP contribution in [0.1, 0.15) is 59.5 Å². The van der Waals surface area contributed by atoms with Gasteiger partial charge in [-0.15, -0.1) is 0 Å². The molecule has 1 N–H and O–H groups in total. The average Bonchev–Trinajstić information content (AvgIpc) is 3.35. The van der Waals surface area contributed by atoms with Crippen molar-refractivity contribution in [2.75, 3.05) is 94.4 Å². The Balaban J connectivity index is 0.000000161. The number of amides is 2. The normalized spacial score (nSPS) is 14.9. The van der Waals surface area contributed by atoms with Gasteiger partial charge in [0.25, 0.3) is 0 Å². The van der Waals surface area contributed by atoms with Crippen molar-refractivity contribution in [3.8, 4) is 11.4 Å². The van der Waals surface area contributed by atoms with Crippen LogP contribution >= 0.6 is 11.6 Å². The SMILES string of the molecule is CC(=O)N1CCNCC1.CCOC(=O)c1c2n(c3nc(Cl)ccc3c1=O)-c1ccccc1CN2C.CCOC(=O)c1c2n(c3nc(N4CCN(C(C)=O)CC4)ccc3c1=O)-c1ccccc1CN2C.